The zero-order valence-electron chi connectivity index (χ0n) is 24.3. The summed E-state index contributed by atoms with van der Waals surface area (Å²) in [6, 6.07) is 26.3. The number of β-lactam (4-membered cyclic amide) rings is 1. The van der Waals surface area contributed by atoms with Crippen molar-refractivity contribution in [2.75, 3.05) is 0 Å². The third kappa shape index (κ3) is 7.26. The molecule has 3 atom stereocenters. The van der Waals surface area contributed by atoms with Gasteiger partial charge in [0, 0.05) is 13.1 Å². The number of hydrogen-bond acceptors (Lipinski definition) is 7. The van der Waals surface area contributed by atoms with Gasteiger partial charge in [-0.05, 0) is 49.1 Å². The number of thioether (sulfide) groups is 1. The smallest absolute Gasteiger partial charge is 0.408 e. The number of carbonyl (C=O) groups excluding carboxylic acids is 4. The SMILES string of the molecule is CC(=O)NC1S[C@@H]2C(NC(=O)OC(C)(C)C)C(=O)N2C=C1C(=O)OC(c1ccccc1)c1ccccc1.c1cc2cc-2c1. The summed E-state index contributed by atoms with van der Waals surface area (Å²) in [5, 5.41) is 4.03. The van der Waals surface area contributed by atoms with Crippen molar-refractivity contribution in [2.45, 2.75) is 56.2 Å². The van der Waals surface area contributed by atoms with Crippen molar-refractivity contribution in [2.24, 2.45) is 0 Å². The molecule has 2 heterocycles. The Morgan fingerprint density at radius 2 is 1.44 bits per heavy atom. The first kappa shape index (κ1) is 29.9. The second-order valence-electron chi connectivity index (χ2n) is 11.2. The molecule has 1 fully saturated rings. The molecule has 2 aliphatic carbocycles. The fraction of sp³-hybridized carbons (Fsp3) is 0.273. The van der Waals surface area contributed by atoms with Crippen LogP contribution in [0.2, 0.25) is 0 Å². The monoisotopic (exact) mass is 599 g/mol. The van der Waals surface area contributed by atoms with Gasteiger partial charge in [-0.25, -0.2) is 9.59 Å². The molecule has 6 rings (SSSR count). The molecule has 10 heteroatoms. The number of nitrogens with one attached hydrogen (secondary N) is 2. The molecule has 0 saturated carbocycles. The summed E-state index contributed by atoms with van der Waals surface area (Å²) >= 11 is 1.17. The van der Waals surface area contributed by atoms with Gasteiger partial charge >= 0.3 is 12.1 Å². The summed E-state index contributed by atoms with van der Waals surface area (Å²) in [6.07, 6.45) is -0.0117. The Balaban J connectivity index is 0.000000537. The molecule has 3 amide bonds. The molecule has 2 unspecified atom stereocenters. The Bertz CT molecular complexity index is 1500. The fourth-order valence-electron chi connectivity index (χ4n) is 4.66. The molecule has 43 heavy (non-hydrogen) atoms. The van der Waals surface area contributed by atoms with Crippen molar-refractivity contribution in [1.82, 2.24) is 15.5 Å². The molecule has 2 N–H and O–H groups in total. The van der Waals surface area contributed by atoms with Crippen molar-refractivity contribution in [3.63, 3.8) is 0 Å². The third-order valence-corrected chi connectivity index (χ3v) is 8.12. The van der Waals surface area contributed by atoms with E-state index < -0.39 is 46.5 Å². The van der Waals surface area contributed by atoms with Crippen LogP contribution in [0.4, 0.5) is 4.79 Å². The predicted molar refractivity (Wildman–Crippen MR) is 163 cm³/mol. The summed E-state index contributed by atoms with van der Waals surface area (Å²) in [4.78, 5) is 51.8. The minimum Gasteiger partial charge on any atom is -0.449 e. The van der Waals surface area contributed by atoms with Gasteiger partial charge in [-0.15, -0.1) is 11.8 Å². The molecule has 0 spiro atoms. The number of esters is 1. The number of carbonyl (C=O) groups is 4. The van der Waals surface area contributed by atoms with Gasteiger partial charge in [-0.1, -0.05) is 78.9 Å². The quantitative estimate of drug-likeness (QED) is 0.233. The number of hydrogen-bond donors (Lipinski definition) is 2. The maximum atomic E-state index is 13.5. The highest BCUT2D eigenvalue weighted by Crippen LogP contribution is 2.41. The van der Waals surface area contributed by atoms with E-state index in [4.69, 9.17) is 9.47 Å². The number of alkyl carbamates (subject to hydrolysis) is 1. The highest BCUT2D eigenvalue weighted by atomic mass is 32.2. The molecule has 2 aromatic rings. The average Bonchev–Trinajstić information content (AvgIpc) is 3.57. The summed E-state index contributed by atoms with van der Waals surface area (Å²) < 4.78 is 11.2. The minimum absolute atomic E-state index is 0.123. The van der Waals surface area contributed by atoms with Crippen LogP contribution in [0.1, 0.15) is 44.9 Å². The molecule has 0 bridgehead atoms. The van der Waals surface area contributed by atoms with E-state index in [-0.39, 0.29) is 11.5 Å². The zero-order valence-corrected chi connectivity index (χ0v) is 25.1. The first-order valence-corrected chi connectivity index (χ1v) is 14.8. The van der Waals surface area contributed by atoms with Gasteiger partial charge < -0.3 is 25.0 Å². The van der Waals surface area contributed by atoms with Crippen LogP contribution in [0.15, 0.2) is 96.7 Å². The Kier molecular flexibility index (Phi) is 8.59. The predicted octanol–water partition coefficient (Wildman–Crippen LogP) is 5.14. The van der Waals surface area contributed by atoms with Gasteiger partial charge in [-0.3, -0.25) is 9.59 Å². The molecule has 4 aliphatic rings. The molecular formula is C33H33N3O6S. The van der Waals surface area contributed by atoms with Crippen molar-refractivity contribution in [3.8, 4) is 11.1 Å². The Morgan fingerprint density at radius 1 is 0.860 bits per heavy atom. The van der Waals surface area contributed by atoms with E-state index in [0.29, 0.717) is 0 Å². The average molecular weight is 600 g/mol. The van der Waals surface area contributed by atoms with E-state index in [1.807, 2.05) is 60.7 Å². The number of fused-ring (bicyclic) bond motifs is 2. The number of ether oxygens (including phenoxy) is 2. The lowest BCUT2D eigenvalue weighted by Crippen LogP contribution is -2.70. The third-order valence-electron chi connectivity index (χ3n) is 6.70. The van der Waals surface area contributed by atoms with E-state index in [1.54, 1.807) is 20.8 Å². The lowest BCUT2D eigenvalue weighted by molar-refractivity contribution is -0.144. The van der Waals surface area contributed by atoms with E-state index in [2.05, 4.69) is 34.9 Å². The van der Waals surface area contributed by atoms with E-state index in [0.717, 1.165) is 11.1 Å². The van der Waals surface area contributed by atoms with Crippen LogP contribution < -0.4 is 10.6 Å². The molecule has 2 aromatic carbocycles. The van der Waals surface area contributed by atoms with Gasteiger partial charge in [-0.2, -0.15) is 0 Å². The normalized spacial score (nSPS) is 19.5. The number of benzene rings is 3. The molecule has 2 aliphatic heterocycles. The molecule has 9 nitrogen and oxygen atoms in total. The molecule has 1 saturated heterocycles. The van der Waals surface area contributed by atoms with Crippen LogP contribution in [0, 0.1) is 0 Å². The fourth-order valence-corrected chi connectivity index (χ4v) is 6.11. The maximum absolute atomic E-state index is 13.5. The highest BCUT2D eigenvalue weighted by molar-refractivity contribution is 8.00. The second kappa shape index (κ2) is 12.3. The summed E-state index contributed by atoms with van der Waals surface area (Å²) in [7, 11) is 0. The van der Waals surface area contributed by atoms with Gasteiger partial charge in [0.2, 0.25) is 5.91 Å². The number of amides is 3. The summed E-state index contributed by atoms with van der Waals surface area (Å²) in [6.45, 7) is 6.52. The van der Waals surface area contributed by atoms with Crippen molar-refractivity contribution >= 4 is 35.6 Å². The molecular weight excluding hydrogens is 566 g/mol. The van der Waals surface area contributed by atoms with Crippen molar-refractivity contribution in [1.29, 1.82) is 0 Å². The Hall–Kier alpha value is -4.57. The standard InChI is InChI=1S/C27H29N3O6S.C6H4/c1-16(31)28-22-19(15-30-23(32)20(24(30)37-22)29-26(34)36-27(2,3)4)25(33)35-21(17-11-7-5-8-12-17)18-13-9-6-10-14-18;1-2-5-4-6(5)3-1/h5-15,20-22,24H,1-4H3,(H,28,31)(H,29,34);1-4H/t20?,22?,24-;/m1./s1. The van der Waals surface area contributed by atoms with Gasteiger partial charge in [0.25, 0.3) is 5.91 Å². The van der Waals surface area contributed by atoms with Gasteiger partial charge in [0.05, 0.1) is 5.57 Å². The van der Waals surface area contributed by atoms with Crippen LogP contribution in [0.25, 0.3) is 11.1 Å². The number of nitrogens with zero attached hydrogens (tertiary/aromatic N) is 1. The number of rotatable bonds is 6. The first-order chi connectivity index (χ1) is 20.5. The topological polar surface area (TPSA) is 114 Å². The lowest BCUT2D eigenvalue weighted by Gasteiger charge is -2.48. The Morgan fingerprint density at radius 3 is 1.91 bits per heavy atom. The summed E-state index contributed by atoms with van der Waals surface area (Å²) in [5.74, 6) is -1.41. The van der Waals surface area contributed by atoms with Crippen LogP contribution in [-0.2, 0) is 23.9 Å². The van der Waals surface area contributed by atoms with Crippen LogP contribution in [0.3, 0.4) is 0 Å². The van der Waals surface area contributed by atoms with Crippen LogP contribution in [0.5, 0.6) is 0 Å². The first-order valence-electron chi connectivity index (χ1n) is 13.9. The Labute approximate surface area is 254 Å². The van der Waals surface area contributed by atoms with E-state index in [9.17, 15) is 19.2 Å². The van der Waals surface area contributed by atoms with Crippen molar-refractivity contribution in [3.05, 3.63) is 108 Å². The van der Waals surface area contributed by atoms with E-state index >= 15 is 0 Å². The largest absolute Gasteiger partial charge is 0.449 e. The molecule has 222 valence electrons. The van der Waals surface area contributed by atoms with Crippen LogP contribution in [-0.4, -0.2) is 51.2 Å². The van der Waals surface area contributed by atoms with Gasteiger partial charge in [0.15, 0.2) is 6.10 Å². The highest BCUT2D eigenvalue weighted by Gasteiger charge is 2.53. The minimum atomic E-state index is -0.855. The second-order valence-corrected chi connectivity index (χ2v) is 12.5. The maximum Gasteiger partial charge on any atom is 0.408 e. The summed E-state index contributed by atoms with van der Waals surface area (Å²) in [5.41, 5.74) is 3.81. The lowest BCUT2D eigenvalue weighted by atomic mass is 10.0. The molecule has 0 aromatic heterocycles. The zero-order chi connectivity index (χ0) is 30.7. The molecule has 0 radical (unpaired) electrons. The van der Waals surface area contributed by atoms with Gasteiger partial charge in [0.1, 0.15) is 22.4 Å². The van der Waals surface area contributed by atoms with Crippen LogP contribution >= 0.6 is 11.8 Å². The van der Waals surface area contributed by atoms with Crippen molar-refractivity contribution < 1.29 is 28.7 Å². The van der Waals surface area contributed by atoms with E-state index in [1.165, 1.54) is 40.9 Å².